The minimum Gasteiger partial charge on any atom is -0.482 e. The first kappa shape index (κ1) is 10.3. The van der Waals surface area contributed by atoms with Crippen LogP contribution in [0.2, 0.25) is 5.28 Å². The summed E-state index contributed by atoms with van der Waals surface area (Å²) in [7, 11) is 0. The summed E-state index contributed by atoms with van der Waals surface area (Å²) in [5, 5.41) is 0.0899. The number of para-hydroxylation sites is 1. The van der Waals surface area contributed by atoms with Crippen LogP contribution in [0, 0.1) is 0 Å². The van der Waals surface area contributed by atoms with Gasteiger partial charge < -0.3 is 10.5 Å². The van der Waals surface area contributed by atoms with Gasteiger partial charge in [-0.2, -0.15) is 15.0 Å². The SMILES string of the molecule is Nc1nc(Cl)nc(C2Cc3ccccc3O2)n1. The number of hydrogen-bond acceptors (Lipinski definition) is 5. The van der Waals surface area contributed by atoms with E-state index in [4.69, 9.17) is 22.1 Å². The Kier molecular flexibility index (Phi) is 2.33. The van der Waals surface area contributed by atoms with Gasteiger partial charge in [0.05, 0.1) is 0 Å². The number of nitrogens with two attached hydrogens (primary N) is 1. The van der Waals surface area contributed by atoms with Crippen LogP contribution in [0.3, 0.4) is 0 Å². The molecule has 0 bridgehead atoms. The number of ether oxygens (including phenoxy) is 1. The molecule has 6 heteroatoms. The Morgan fingerprint density at radius 1 is 1.24 bits per heavy atom. The minimum absolute atomic E-state index is 0.0899. The highest BCUT2D eigenvalue weighted by Gasteiger charge is 2.26. The summed E-state index contributed by atoms with van der Waals surface area (Å²) in [5.74, 6) is 1.44. The van der Waals surface area contributed by atoms with Crippen molar-refractivity contribution >= 4 is 17.5 Å². The number of rotatable bonds is 1. The van der Waals surface area contributed by atoms with Crippen LogP contribution < -0.4 is 10.5 Å². The van der Waals surface area contributed by atoms with E-state index in [-0.39, 0.29) is 17.3 Å². The van der Waals surface area contributed by atoms with Gasteiger partial charge in [0.15, 0.2) is 11.9 Å². The molecule has 1 unspecified atom stereocenters. The molecule has 2 N–H and O–H groups in total. The van der Waals surface area contributed by atoms with Crippen LogP contribution in [0.15, 0.2) is 24.3 Å². The zero-order chi connectivity index (χ0) is 11.8. The summed E-state index contributed by atoms with van der Waals surface area (Å²) in [6.45, 7) is 0. The molecule has 3 rings (SSSR count). The molecule has 0 aliphatic carbocycles. The maximum atomic E-state index is 5.74. The number of nitrogen functional groups attached to an aromatic ring is 1. The van der Waals surface area contributed by atoms with E-state index in [0.717, 1.165) is 17.7 Å². The molecule has 0 fully saturated rings. The van der Waals surface area contributed by atoms with Crippen molar-refractivity contribution in [2.75, 3.05) is 5.73 Å². The van der Waals surface area contributed by atoms with E-state index < -0.39 is 0 Å². The topological polar surface area (TPSA) is 73.9 Å². The van der Waals surface area contributed by atoms with Gasteiger partial charge in [0.1, 0.15) is 5.75 Å². The van der Waals surface area contributed by atoms with Crippen LogP contribution in [0.4, 0.5) is 5.95 Å². The highest BCUT2D eigenvalue weighted by atomic mass is 35.5. The van der Waals surface area contributed by atoms with E-state index in [0.29, 0.717) is 5.82 Å². The molecule has 1 atom stereocenters. The van der Waals surface area contributed by atoms with Crippen LogP contribution in [-0.2, 0) is 6.42 Å². The number of halogens is 1. The Morgan fingerprint density at radius 2 is 2.06 bits per heavy atom. The van der Waals surface area contributed by atoms with Gasteiger partial charge in [-0.25, -0.2) is 0 Å². The van der Waals surface area contributed by atoms with Crippen LogP contribution >= 0.6 is 11.6 Å². The molecule has 17 heavy (non-hydrogen) atoms. The van der Waals surface area contributed by atoms with Gasteiger partial charge in [-0.05, 0) is 23.2 Å². The highest BCUT2D eigenvalue weighted by Crippen LogP contribution is 2.35. The zero-order valence-electron chi connectivity index (χ0n) is 8.80. The smallest absolute Gasteiger partial charge is 0.227 e. The van der Waals surface area contributed by atoms with Crippen molar-refractivity contribution in [2.45, 2.75) is 12.5 Å². The van der Waals surface area contributed by atoms with Gasteiger partial charge in [0.25, 0.3) is 0 Å². The molecule has 5 nitrogen and oxygen atoms in total. The number of anilines is 1. The largest absolute Gasteiger partial charge is 0.482 e. The van der Waals surface area contributed by atoms with E-state index in [1.165, 1.54) is 0 Å². The van der Waals surface area contributed by atoms with Crippen molar-refractivity contribution in [3.8, 4) is 5.75 Å². The molecular weight excluding hydrogens is 240 g/mol. The van der Waals surface area contributed by atoms with Crippen LogP contribution in [0.1, 0.15) is 17.5 Å². The number of benzene rings is 1. The lowest BCUT2D eigenvalue weighted by atomic mass is 10.1. The molecule has 1 aliphatic heterocycles. The Bertz CT molecular complexity index is 530. The number of aromatic nitrogens is 3. The lowest BCUT2D eigenvalue weighted by Gasteiger charge is -2.09. The van der Waals surface area contributed by atoms with Gasteiger partial charge >= 0.3 is 0 Å². The molecular formula is C11H9ClN4O. The maximum absolute atomic E-state index is 5.74. The third kappa shape index (κ3) is 1.89. The minimum atomic E-state index is -0.241. The fourth-order valence-corrected chi connectivity index (χ4v) is 2.02. The zero-order valence-corrected chi connectivity index (χ0v) is 9.55. The Morgan fingerprint density at radius 3 is 2.82 bits per heavy atom. The molecule has 0 saturated heterocycles. The van der Waals surface area contributed by atoms with Crippen molar-refractivity contribution < 1.29 is 4.74 Å². The second-order valence-electron chi connectivity index (χ2n) is 3.74. The molecule has 1 aromatic heterocycles. The quantitative estimate of drug-likeness (QED) is 0.833. The van der Waals surface area contributed by atoms with Gasteiger partial charge in [-0.1, -0.05) is 18.2 Å². The molecule has 0 amide bonds. The van der Waals surface area contributed by atoms with E-state index in [1.54, 1.807) is 0 Å². The summed E-state index contributed by atoms with van der Waals surface area (Å²) in [6.07, 6.45) is 0.478. The average Bonchev–Trinajstić information content (AvgIpc) is 2.71. The first-order valence-corrected chi connectivity index (χ1v) is 5.51. The third-order valence-corrected chi connectivity index (χ3v) is 2.75. The maximum Gasteiger partial charge on any atom is 0.227 e. The van der Waals surface area contributed by atoms with Crippen molar-refractivity contribution in [2.24, 2.45) is 0 Å². The van der Waals surface area contributed by atoms with E-state index in [2.05, 4.69) is 15.0 Å². The first-order valence-electron chi connectivity index (χ1n) is 5.14. The first-order chi connectivity index (χ1) is 8.22. The molecule has 0 saturated carbocycles. The fourth-order valence-electron chi connectivity index (χ4n) is 1.85. The van der Waals surface area contributed by atoms with Crippen LogP contribution in [-0.4, -0.2) is 15.0 Å². The number of nitrogens with zero attached hydrogens (tertiary/aromatic N) is 3. The van der Waals surface area contributed by atoms with Gasteiger partial charge in [0.2, 0.25) is 11.2 Å². The molecule has 0 spiro atoms. The Labute approximate surface area is 103 Å². The molecule has 1 aliphatic rings. The van der Waals surface area contributed by atoms with Crippen molar-refractivity contribution in [1.29, 1.82) is 0 Å². The Balaban J connectivity index is 1.93. The molecule has 0 radical (unpaired) electrons. The summed E-state index contributed by atoms with van der Waals surface area (Å²) in [4.78, 5) is 11.8. The monoisotopic (exact) mass is 248 g/mol. The predicted molar refractivity (Wildman–Crippen MR) is 62.8 cm³/mol. The number of hydrogen-bond donors (Lipinski definition) is 1. The van der Waals surface area contributed by atoms with Crippen molar-refractivity contribution in [1.82, 2.24) is 15.0 Å². The second-order valence-corrected chi connectivity index (χ2v) is 4.08. The average molecular weight is 249 g/mol. The van der Waals surface area contributed by atoms with Gasteiger partial charge in [-0.3, -0.25) is 0 Å². The standard InChI is InChI=1S/C11H9ClN4O/c12-10-14-9(15-11(13)16-10)8-5-6-3-1-2-4-7(6)17-8/h1-4,8H,5H2,(H2,13,14,15,16). The van der Waals surface area contributed by atoms with Crippen LogP contribution in [0.25, 0.3) is 0 Å². The third-order valence-electron chi connectivity index (χ3n) is 2.58. The van der Waals surface area contributed by atoms with Gasteiger partial charge in [-0.15, -0.1) is 0 Å². The van der Waals surface area contributed by atoms with Gasteiger partial charge in [0, 0.05) is 6.42 Å². The number of fused-ring (bicyclic) bond motifs is 1. The Hall–Kier alpha value is -1.88. The summed E-state index contributed by atoms with van der Waals surface area (Å²) >= 11 is 5.74. The van der Waals surface area contributed by atoms with Crippen molar-refractivity contribution in [3.05, 3.63) is 40.9 Å². The summed E-state index contributed by atoms with van der Waals surface area (Å²) in [5.41, 5.74) is 6.66. The van der Waals surface area contributed by atoms with E-state index in [9.17, 15) is 0 Å². The lowest BCUT2D eigenvalue weighted by Crippen LogP contribution is -2.11. The second kappa shape index (κ2) is 3.85. The summed E-state index contributed by atoms with van der Waals surface area (Å²) < 4.78 is 5.74. The lowest BCUT2D eigenvalue weighted by molar-refractivity contribution is 0.227. The highest BCUT2D eigenvalue weighted by molar-refractivity contribution is 6.28. The van der Waals surface area contributed by atoms with Crippen molar-refractivity contribution in [3.63, 3.8) is 0 Å². The fraction of sp³-hybridized carbons (Fsp3) is 0.182. The molecule has 1 aromatic carbocycles. The van der Waals surface area contributed by atoms with E-state index in [1.807, 2.05) is 24.3 Å². The van der Waals surface area contributed by atoms with Crippen LogP contribution in [0.5, 0.6) is 5.75 Å². The normalized spacial score (nSPS) is 17.6. The molecule has 2 heterocycles. The summed E-state index contributed by atoms with van der Waals surface area (Å²) in [6, 6.07) is 7.83. The predicted octanol–water partition coefficient (Wildman–Crippen LogP) is 1.78. The van der Waals surface area contributed by atoms with E-state index >= 15 is 0 Å². The molecule has 2 aromatic rings. The molecule has 86 valence electrons.